The largest absolute Gasteiger partial charge is 0.494 e. The molecule has 0 saturated heterocycles. The van der Waals surface area contributed by atoms with Gasteiger partial charge in [-0.1, -0.05) is 6.92 Å². The van der Waals surface area contributed by atoms with Crippen LogP contribution in [-0.4, -0.2) is 6.10 Å². The van der Waals surface area contributed by atoms with Gasteiger partial charge in [-0.25, -0.2) is 0 Å². The fourth-order valence-corrected chi connectivity index (χ4v) is 0.496. The third-order valence-corrected chi connectivity index (χ3v) is 1.32. The van der Waals surface area contributed by atoms with Gasteiger partial charge in [0, 0.05) is 0 Å². The Labute approximate surface area is 45.2 Å². The maximum absolute atomic E-state index is 9.70. The molecule has 0 amide bonds. The van der Waals surface area contributed by atoms with Crippen LogP contribution in [0.25, 0.3) is 0 Å². The maximum atomic E-state index is 9.70. The van der Waals surface area contributed by atoms with Gasteiger partial charge in [-0.3, -0.25) is 0 Å². The predicted octanol–water partition coefficient (Wildman–Crippen LogP) is 1.74. The highest BCUT2D eigenvalue weighted by atomic mass is 31.1. The van der Waals surface area contributed by atoms with Gasteiger partial charge in [0.05, 0.1) is 0 Å². The Balaban J connectivity index is 2.98. The van der Waals surface area contributed by atoms with E-state index in [2.05, 4.69) is 4.52 Å². The molecule has 7 heavy (non-hydrogen) atoms. The third-order valence-electron chi connectivity index (χ3n) is 0.824. The lowest BCUT2D eigenvalue weighted by Crippen LogP contribution is -1.96. The maximum Gasteiger partial charge on any atom is 0.494 e. The zero-order chi connectivity index (χ0) is 5.70. The van der Waals surface area contributed by atoms with Crippen LogP contribution in [0.1, 0.15) is 20.3 Å². The van der Waals surface area contributed by atoms with Crippen LogP contribution in [0.2, 0.25) is 0 Å². The van der Waals surface area contributed by atoms with Crippen molar-refractivity contribution in [2.24, 2.45) is 0 Å². The van der Waals surface area contributed by atoms with E-state index < -0.39 is 8.69 Å². The van der Waals surface area contributed by atoms with Gasteiger partial charge < -0.3 is 0 Å². The third kappa shape index (κ3) is 3.90. The Kier molecular flexibility index (Phi) is 4.26. The molecule has 0 aliphatic heterocycles. The summed E-state index contributed by atoms with van der Waals surface area (Å²) in [6.45, 7) is 3.88. The Hall–Kier alpha value is 0.0600. The first-order valence-corrected chi connectivity index (χ1v) is 3.15. The van der Waals surface area contributed by atoms with Crippen molar-refractivity contribution in [2.45, 2.75) is 26.4 Å². The lowest BCUT2D eigenvalue weighted by Gasteiger charge is -1.92. The summed E-state index contributed by atoms with van der Waals surface area (Å²) < 4.78 is 14.4. The van der Waals surface area contributed by atoms with Gasteiger partial charge in [-0.15, -0.1) is 4.52 Å². The van der Waals surface area contributed by atoms with Gasteiger partial charge in [-0.05, 0) is 17.9 Å². The standard InChI is InChI=1S/C4H10O2P/c1-3-4(2)6-7-5/h4,7H,3H2,1-2H3/q+1. The quantitative estimate of drug-likeness (QED) is 0.531. The molecule has 0 spiro atoms. The van der Waals surface area contributed by atoms with Crippen LogP contribution in [0, 0.1) is 0 Å². The zero-order valence-corrected chi connectivity index (χ0v) is 5.60. The summed E-state index contributed by atoms with van der Waals surface area (Å²) in [5.41, 5.74) is 0. The molecule has 2 unspecified atom stereocenters. The van der Waals surface area contributed by atoms with Crippen molar-refractivity contribution >= 4 is 8.69 Å². The Bertz CT molecular complexity index is 55.7. The number of rotatable bonds is 3. The van der Waals surface area contributed by atoms with Crippen molar-refractivity contribution in [1.82, 2.24) is 0 Å². The second-order valence-electron chi connectivity index (χ2n) is 1.42. The molecule has 0 aromatic carbocycles. The van der Waals surface area contributed by atoms with Gasteiger partial charge >= 0.3 is 8.69 Å². The lowest BCUT2D eigenvalue weighted by molar-refractivity contribution is 0.240. The molecule has 0 saturated carbocycles. The molecule has 3 heteroatoms. The second-order valence-corrected chi connectivity index (χ2v) is 1.82. The van der Waals surface area contributed by atoms with E-state index in [9.17, 15) is 4.57 Å². The molecule has 0 N–H and O–H groups in total. The van der Waals surface area contributed by atoms with Crippen LogP contribution < -0.4 is 0 Å². The number of hydrogen-bond acceptors (Lipinski definition) is 2. The lowest BCUT2D eigenvalue weighted by atomic mass is 10.3. The molecule has 42 valence electrons. The Morgan fingerprint density at radius 2 is 2.43 bits per heavy atom. The first kappa shape index (κ1) is 7.06. The van der Waals surface area contributed by atoms with Crippen LogP contribution in [-0.2, 0) is 9.09 Å². The van der Waals surface area contributed by atoms with Gasteiger partial charge in [0.15, 0.2) is 0 Å². The van der Waals surface area contributed by atoms with E-state index >= 15 is 0 Å². The fourth-order valence-electron chi connectivity index (χ4n) is 0.165. The van der Waals surface area contributed by atoms with E-state index in [0.717, 1.165) is 6.42 Å². The molecule has 0 fully saturated rings. The zero-order valence-electron chi connectivity index (χ0n) is 4.60. The fraction of sp³-hybridized carbons (Fsp3) is 1.00. The molecule has 2 nitrogen and oxygen atoms in total. The van der Waals surface area contributed by atoms with Crippen molar-refractivity contribution in [3.8, 4) is 0 Å². The smallest absolute Gasteiger partial charge is 0.145 e. The minimum atomic E-state index is -0.605. The Morgan fingerprint density at radius 3 is 2.57 bits per heavy atom. The molecular formula is C4H10O2P+. The number of hydrogen-bond donors (Lipinski definition) is 0. The Morgan fingerprint density at radius 1 is 1.86 bits per heavy atom. The van der Waals surface area contributed by atoms with Crippen LogP contribution in [0.3, 0.4) is 0 Å². The molecule has 0 aliphatic rings. The molecule has 0 aromatic heterocycles. The van der Waals surface area contributed by atoms with Crippen molar-refractivity contribution in [2.75, 3.05) is 0 Å². The highest BCUT2D eigenvalue weighted by molar-refractivity contribution is 7.17. The molecular weight excluding hydrogens is 111 g/mol. The van der Waals surface area contributed by atoms with E-state index in [0.29, 0.717) is 0 Å². The minimum absolute atomic E-state index is 0.149. The molecule has 0 aromatic rings. The summed E-state index contributed by atoms with van der Waals surface area (Å²) in [5, 5.41) is 0. The first-order chi connectivity index (χ1) is 3.31. The van der Waals surface area contributed by atoms with Crippen LogP contribution in [0.5, 0.6) is 0 Å². The molecule has 0 bridgehead atoms. The molecule has 0 rings (SSSR count). The van der Waals surface area contributed by atoms with Crippen molar-refractivity contribution in [1.29, 1.82) is 0 Å². The van der Waals surface area contributed by atoms with E-state index in [-0.39, 0.29) is 6.10 Å². The summed E-state index contributed by atoms with van der Waals surface area (Å²) >= 11 is 0. The van der Waals surface area contributed by atoms with E-state index in [1.807, 2.05) is 13.8 Å². The highest BCUT2D eigenvalue weighted by Gasteiger charge is 2.00. The second kappa shape index (κ2) is 4.23. The van der Waals surface area contributed by atoms with Crippen LogP contribution >= 0.6 is 8.69 Å². The molecule has 0 radical (unpaired) electrons. The van der Waals surface area contributed by atoms with Crippen LogP contribution in [0.4, 0.5) is 0 Å². The average molecular weight is 121 g/mol. The van der Waals surface area contributed by atoms with Gasteiger partial charge in [0.25, 0.3) is 0 Å². The predicted molar refractivity (Wildman–Crippen MR) is 29.8 cm³/mol. The summed E-state index contributed by atoms with van der Waals surface area (Å²) in [6.07, 6.45) is 1.07. The highest BCUT2D eigenvalue weighted by Crippen LogP contribution is 2.03. The monoisotopic (exact) mass is 121 g/mol. The van der Waals surface area contributed by atoms with E-state index in [1.54, 1.807) is 0 Å². The van der Waals surface area contributed by atoms with Crippen LogP contribution in [0.15, 0.2) is 0 Å². The minimum Gasteiger partial charge on any atom is -0.145 e. The molecule has 2 atom stereocenters. The SMILES string of the molecule is CCC(C)O[PH+]=O. The molecule has 0 heterocycles. The summed E-state index contributed by atoms with van der Waals surface area (Å²) in [5.74, 6) is 0. The summed E-state index contributed by atoms with van der Waals surface area (Å²) in [6, 6.07) is 0. The normalized spacial score (nSPS) is 14.6. The van der Waals surface area contributed by atoms with E-state index in [1.165, 1.54) is 0 Å². The van der Waals surface area contributed by atoms with Gasteiger partial charge in [0.2, 0.25) is 0 Å². The summed E-state index contributed by atoms with van der Waals surface area (Å²) in [7, 11) is -0.605. The molecule has 0 aliphatic carbocycles. The van der Waals surface area contributed by atoms with Crippen molar-refractivity contribution < 1.29 is 9.09 Å². The van der Waals surface area contributed by atoms with Crippen molar-refractivity contribution in [3.05, 3.63) is 0 Å². The topological polar surface area (TPSA) is 26.3 Å². The van der Waals surface area contributed by atoms with Gasteiger partial charge in [0.1, 0.15) is 6.10 Å². The summed E-state index contributed by atoms with van der Waals surface area (Å²) in [4.78, 5) is 0. The average Bonchev–Trinajstić information content (AvgIpc) is 1.68. The van der Waals surface area contributed by atoms with Crippen molar-refractivity contribution in [3.63, 3.8) is 0 Å². The van der Waals surface area contributed by atoms with Gasteiger partial charge in [-0.2, -0.15) is 0 Å². The van der Waals surface area contributed by atoms with E-state index in [4.69, 9.17) is 0 Å². The first-order valence-electron chi connectivity index (χ1n) is 2.34.